The first-order valence-corrected chi connectivity index (χ1v) is 23.3. The van der Waals surface area contributed by atoms with Crippen LogP contribution in [0.1, 0.15) is 162 Å². The van der Waals surface area contributed by atoms with Crippen LogP contribution < -0.4 is 0 Å². The van der Waals surface area contributed by atoms with E-state index in [0.717, 1.165) is 44.4 Å². The molecule has 0 aliphatic heterocycles. The Morgan fingerprint density at radius 2 is 1.44 bits per heavy atom. The van der Waals surface area contributed by atoms with Gasteiger partial charge in [0.25, 0.3) is 0 Å². The van der Waals surface area contributed by atoms with Crippen molar-refractivity contribution >= 4 is 25.5 Å². The lowest BCUT2D eigenvalue weighted by atomic mass is 9.90. The number of aliphatic hydroxyl groups excluding tert-OH is 4. The highest BCUT2D eigenvalue weighted by molar-refractivity contribution is 7.47. The molecule has 1 aliphatic rings. The molecule has 1 aliphatic carbocycles. The Morgan fingerprint density at radius 1 is 0.825 bits per heavy atom. The van der Waals surface area contributed by atoms with Crippen molar-refractivity contribution < 1.29 is 62.8 Å². The summed E-state index contributed by atoms with van der Waals surface area (Å²) in [6.45, 7) is 4.30. The Labute approximate surface area is 342 Å². The van der Waals surface area contributed by atoms with Crippen molar-refractivity contribution in [1.29, 1.82) is 0 Å². The number of unbranched alkanes of at least 4 members (excludes halogenated alkanes) is 12. The Morgan fingerprint density at radius 3 is 2.09 bits per heavy atom. The highest BCUT2D eigenvalue weighted by Crippen LogP contribution is 2.43. The lowest BCUT2D eigenvalue weighted by Gasteiger charge is -2.20. The van der Waals surface area contributed by atoms with Gasteiger partial charge < -0.3 is 34.8 Å². The van der Waals surface area contributed by atoms with Crippen LogP contribution >= 0.6 is 7.82 Å². The normalized spacial score (nSPS) is 20.5. The molecule has 0 amide bonds. The molecule has 14 heteroatoms. The number of esters is 2. The van der Waals surface area contributed by atoms with Crippen LogP contribution in [0.2, 0.25) is 0 Å². The zero-order valence-corrected chi connectivity index (χ0v) is 36.1. The van der Waals surface area contributed by atoms with Gasteiger partial charge in [-0.3, -0.25) is 23.4 Å². The van der Waals surface area contributed by atoms with Crippen LogP contribution in [0, 0.1) is 17.8 Å². The largest absolute Gasteiger partial charge is 0.472 e. The van der Waals surface area contributed by atoms with Crippen molar-refractivity contribution in [3.05, 3.63) is 24.3 Å². The van der Waals surface area contributed by atoms with E-state index >= 15 is 0 Å². The fourth-order valence-electron chi connectivity index (χ4n) is 6.66. The average molecular weight is 833 g/mol. The number of ether oxygens (including phenoxy) is 2. The summed E-state index contributed by atoms with van der Waals surface area (Å²) in [7, 11) is -4.68. The molecule has 13 nitrogen and oxygen atoms in total. The summed E-state index contributed by atoms with van der Waals surface area (Å²) in [4.78, 5) is 47.6. The summed E-state index contributed by atoms with van der Waals surface area (Å²) in [5.41, 5.74) is 0. The average Bonchev–Trinajstić information content (AvgIpc) is 3.46. The third-order valence-corrected chi connectivity index (χ3v) is 11.5. The van der Waals surface area contributed by atoms with Crippen LogP contribution in [0.5, 0.6) is 0 Å². The maximum Gasteiger partial charge on any atom is 0.472 e. The topological polar surface area (TPSA) is 206 Å². The fourth-order valence-corrected chi connectivity index (χ4v) is 7.45. The second-order valence-corrected chi connectivity index (χ2v) is 17.2. The number of carbonyl (C=O) groups is 3. The van der Waals surface area contributed by atoms with E-state index < -0.39 is 76.5 Å². The number of phosphoric acid groups is 1. The van der Waals surface area contributed by atoms with Crippen molar-refractivity contribution in [1.82, 2.24) is 0 Å². The SMILES string of the molecule is CCCCC[C@H](O)/C=C/[C@H]1C(=O)C[C@H](O)[C@@H]1C/C=C\CCCC(=O)OC[C@H](COP(=O)(O)OC[C@@H](O)CO)OC(=O)CCCCCCCCCCCCC(C)CC. The molecular weight excluding hydrogens is 755 g/mol. The summed E-state index contributed by atoms with van der Waals surface area (Å²) < 4.78 is 32.6. The number of hydrogen-bond donors (Lipinski definition) is 5. The number of phosphoric ester groups is 1. The van der Waals surface area contributed by atoms with Gasteiger partial charge in [0.05, 0.1) is 32.0 Å². The number of Topliss-reactive ketones (excluding diaryl/α,β-unsaturated/α-hetero) is 1. The van der Waals surface area contributed by atoms with Crippen LogP contribution in [-0.4, -0.2) is 93.9 Å². The summed E-state index contributed by atoms with van der Waals surface area (Å²) in [6.07, 6.45) is 22.3. The first kappa shape index (κ1) is 53.1. The van der Waals surface area contributed by atoms with Crippen LogP contribution in [0.4, 0.5) is 0 Å². The number of aliphatic hydroxyl groups is 4. The van der Waals surface area contributed by atoms with Crippen molar-refractivity contribution in [2.75, 3.05) is 26.4 Å². The molecule has 57 heavy (non-hydrogen) atoms. The molecule has 1 rings (SSSR count). The predicted octanol–water partition coefficient (Wildman–Crippen LogP) is 7.84. The van der Waals surface area contributed by atoms with Gasteiger partial charge in [-0.05, 0) is 38.0 Å². The van der Waals surface area contributed by atoms with Crippen LogP contribution in [0.15, 0.2) is 24.3 Å². The van der Waals surface area contributed by atoms with E-state index in [9.17, 15) is 39.2 Å². The molecule has 1 saturated carbocycles. The zero-order valence-electron chi connectivity index (χ0n) is 35.2. The smallest absolute Gasteiger partial charge is 0.462 e. The van der Waals surface area contributed by atoms with E-state index in [0.29, 0.717) is 32.1 Å². The van der Waals surface area contributed by atoms with Gasteiger partial charge >= 0.3 is 19.8 Å². The predicted molar refractivity (Wildman–Crippen MR) is 220 cm³/mol. The molecule has 0 bridgehead atoms. The maximum absolute atomic E-state index is 12.6. The highest BCUT2D eigenvalue weighted by Gasteiger charge is 2.39. The standard InChI is InChI=1S/C43H77O13P/c1-4-6-17-23-35(45)27-28-39-38(40(47)29-41(39)48)24-19-15-16-20-25-42(49)53-32-37(33-55-57(51,52)54-31-36(46)30-44)56-43(50)26-21-14-12-10-8-7-9-11-13-18-22-34(3)5-2/h15,19,27-28,34-40,44-47H,4-14,16-18,20-26,29-33H2,1-3H3,(H,51,52)/b19-15-,28-27+/t34?,35-,36-,37+,38+,39+,40-/m0/s1. The molecule has 0 aromatic rings. The summed E-state index contributed by atoms with van der Waals surface area (Å²) >= 11 is 0. The van der Waals surface area contributed by atoms with Crippen molar-refractivity contribution in [3.63, 3.8) is 0 Å². The second-order valence-electron chi connectivity index (χ2n) is 15.8. The van der Waals surface area contributed by atoms with Gasteiger partial charge in [-0.1, -0.05) is 135 Å². The molecule has 0 heterocycles. The monoisotopic (exact) mass is 833 g/mol. The van der Waals surface area contributed by atoms with Crippen LogP contribution in [-0.2, 0) is 37.5 Å². The van der Waals surface area contributed by atoms with Crippen LogP contribution in [0.3, 0.4) is 0 Å². The minimum absolute atomic E-state index is 0.0424. The number of hydrogen-bond acceptors (Lipinski definition) is 12. The van der Waals surface area contributed by atoms with E-state index in [4.69, 9.17) is 19.1 Å². The summed E-state index contributed by atoms with van der Waals surface area (Å²) in [6, 6.07) is 0. The lowest BCUT2D eigenvalue weighted by Crippen LogP contribution is -2.29. The molecule has 0 radical (unpaired) electrons. The van der Waals surface area contributed by atoms with Crippen molar-refractivity contribution in [2.24, 2.45) is 17.8 Å². The first-order chi connectivity index (χ1) is 27.3. The molecule has 0 aromatic heterocycles. The van der Waals surface area contributed by atoms with E-state index in [1.165, 1.54) is 51.4 Å². The van der Waals surface area contributed by atoms with E-state index in [-0.39, 0.29) is 31.0 Å². The first-order valence-electron chi connectivity index (χ1n) is 21.8. The molecule has 0 saturated heterocycles. The molecular formula is C43H77O13P. The maximum atomic E-state index is 12.6. The molecule has 5 N–H and O–H groups in total. The summed E-state index contributed by atoms with van der Waals surface area (Å²) in [5.74, 6) is -1.08. The molecule has 2 unspecified atom stereocenters. The summed E-state index contributed by atoms with van der Waals surface area (Å²) in [5, 5.41) is 39.0. The van der Waals surface area contributed by atoms with E-state index in [2.05, 4.69) is 25.3 Å². The van der Waals surface area contributed by atoms with Gasteiger partial charge in [-0.15, -0.1) is 0 Å². The minimum Gasteiger partial charge on any atom is -0.462 e. The van der Waals surface area contributed by atoms with Gasteiger partial charge in [-0.25, -0.2) is 4.57 Å². The van der Waals surface area contributed by atoms with Gasteiger partial charge in [0.1, 0.15) is 18.5 Å². The van der Waals surface area contributed by atoms with Crippen molar-refractivity contribution in [2.45, 2.75) is 186 Å². The Hall–Kier alpha value is -1.96. The molecule has 0 spiro atoms. The molecule has 1 fully saturated rings. The minimum atomic E-state index is -4.68. The fraction of sp³-hybridized carbons (Fsp3) is 0.837. The van der Waals surface area contributed by atoms with Gasteiger partial charge in [-0.2, -0.15) is 0 Å². The zero-order chi connectivity index (χ0) is 42.3. The Kier molecular flexibility index (Phi) is 30.6. The number of rotatable bonds is 36. The molecule has 332 valence electrons. The molecule has 0 aromatic carbocycles. The van der Waals surface area contributed by atoms with E-state index in [1.807, 2.05) is 12.2 Å². The third-order valence-electron chi connectivity index (χ3n) is 10.5. The molecule has 8 atom stereocenters. The van der Waals surface area contributed by atoms with Gasteiger partial charge in [0.15, 0.2) is 6.10 Å². The number of ketones is 1. The van der Waals surface area contributed by atoms with Gasteiger partial charge in [0.2, 0.25) is 0 Å². The Bertz CT molecular complexity index is 1180. The lowest BCUT2D eigenvalue weighted by molar-refractivity contribution is -0.161. The number of carbonyl (C=O) groups excluding carboxylic acids is 3. The third kappa shape index (κ3) is 27.4. The second kappa shape index (κ2) is 32.8. The number of allylic oxidation sites excluding steroid dienone is 3. The van der Waals surface area contributed by atoms with Gasteiger partial charge in [0, 0.05) is 31.1 Å². The van der Waals surface area contributed by atoms with Crippen LogP contribution in [0.25, 0.3) is 0 Å². The van der Waals surface area contributed by atoms with E-state index in [1.54, 1.807) is 12.2 Å². The van der Waals surface area contributed by atoms with Crippen molar-refractivity contribution in [3.8, 4) is 0 Å². The quantitative estimate of drug-likeness (QED) is 0.0177. The highest BCUT2D eigenvalue weighted by atomic mass is 31.2. The Balaban J connectivity index is 2.48.